The highest BCUT2D eigenvalue weighted by Crippen LogP contribution is 2.12. The smallest absolute Gasteiger partial charge is 0.338 e. The Bertz CT molecular complexity index is 643. The molecule has 0 saturated heterocycles. The van der Waals surface area contributed by atoms with Crippen LogP contribution < -0.4 is 10.6 Å². The van der Waals surface area contributed by atoms with Gasteiger partial charge in [-0.25, -0.2) is 4.79 Å². The maximum absolute atomic E-state index is 11.8. The minimum atomic E-state index is -0.541. The van der Waals surface area contributed by atoms with Gasteiger partial charge in [-0.05, 0) is 24.3 Å². The lowest BCUT2D eigenvalue weighted by molar-refractivity contribution is 0.0462. The van der Waals surface area contributed by atoms with Crippen LogP contribution in [0.25, 0.3) is 0 Å². The number of aromatic hydroxyl groups is 1. The summed E-state index contributed by atoms with van der Waals surface area (Å²) >= 11 is 0. The molecule has 8 nitrogen and oxygen atoms in total. The topological polar surface area (TPSA) is 114 Å². The van der Waals surface area contributed by atoms with E-state index in [0.717, 1.165) is 0 Å². The molecule has 110 valence electrons. The average Bonchev–Trinajstić information content (AvgIpc) is 2.45. The molecule has 0 aliphatic heterocycles. The first kappa shape index (κ1) is 14.5. The summed E-state index contributed by atoms with van der Waals surface area (Å²) < 4.78 is 5.10. The van der Waals surface area contributed by atoms with Gasteiger partial charge in [-0.2, -0.15) is 15.0 Å². The highest BCUT2D eigenvalue weighted by Gasteiger charge is 2.11. The van der Waals surface area contributed by atoms with E-state index in [1.165, 1.54) is 24.3 Å². The van der Waals surface area contributed by atoms with E-state index >= 15 is 0 Å². The molecule has 0 bridgehead atoms. The van der Waals surface area contributed by atoms with Gasteiger partial charge in [0.25, 0.3) is 0 Å². The third-order valence-corrected chi connectivity index (χ3v) is 2.52. The first-order chi connectivity index (χ1) is 9.95. The number of phenols is 1. The van der Waals surface area contributed by atoms with Crippen molar-refractivity contribution in [3.8, 4) is 5.75 Å². The maximum atomic E-state index is 11.8. The largest absolute Gasteiger partial charge is 0.508 e. The predicted octanol–water partition coefficient (Wildman–Crippen LogP) is 0.582. The number of nitrogen functional groups attached to an aromatic ring is 1. The Labute approximate surface area is 121 Å². The number of phenolic OH excluding ortho intramolecular Hbond substituents is 1. The van der Waals surface area contributed by atoms with Gasteiger partial charge >= 0.3 is 5.97 Å². The van der Waals surface area contributed by atoms with Gasteiger partial charge in [0.05, 0.1) is 5.56 Å². The first-order valence-electron chi connectivity index (χ1n) is 6.09. The molecule has 0 amide bonds. The van der Waals surface area contributed by atoms with E-state index < -0.39 is 5.97 Å². The fourth-order valence-corrected chi connectivity index (χ4v) is 1.50. The van der Waals surface area contributed by atoms with Crippen molar-refractivity contribution >= 4 is 17.9 Å². The van der Waals surface area contributed by atoms with Crippen molar-refractivity contribution in [2.45, 2.75) is 6.61 Å². The van der Waals surface area contributed by atoms with E-state index in [2.05, 4.69) is 15.0 Å². The van der Waals surface area contributed by atoms with Crippen molar-refractivity contribution in [3.63, 3.8) is 0 Å². The molecule has 1 aromatic carbocycles. The Balaban J connectivity index is 2.05. The van der Waals surface area contributed by atoms with E-state index in [0.29, 0.717) is 11.5 Å². The van der Waals surface area contributed by atoms with Crippen LogP contribution in [-0.2, 0) is 11.3 Å². The molecule has 0 radical (unpaired) electrons. The molecule has 0 atom stereocenters. The highest BCUT2D eigenvalue weighted by molar-refractivity contribution is 5.89. The molecule has 1 aromatic heterocycles. The molecular weight excluding hydrogens is 274 g/mol. The molecule has 0 aliphatic carbocycles. The summed E-state index contributed by atoms with van der Waals surface area (Å²) in [6.07, 6.45) is 0. The summed E-state index contributed by atoms with van der Waals surface area (Å²) in [6, 6.07) is 5.73. The molecule has 0 saturated carbocycles. The zero-order chi connectivity index (χ0) is 15.4. The Morgan fingerprint density at radius 3 is 2.52 bits per heavy atom. The van der Waals surface area contributed by atoms with E-state index in [1.807, 2.05) is 0 Å². The monoisotopic (exact) mass is 289 g/mol. The van der Waals surface area contributed by atoms with Crippen molar-refractivity contribution in [2.75, 3.05) is 24.7 Å². The number of benzene rings is 1. The second-order valence-corrected chi connectivity index (χ2v) is 4.43. The molecule has 3 N–H and O–H groups in total. The minimum absolute atomic E-state index is 0.0596. The van der Waals surface area contributed by atoms with Crippen molar-refractivity contribution in [2.24, 2.45) is 0 Å². The van der Waals surface area contributed by atoms with Gasteiger partial charge in [0.1, 0.15) is 5.75 Å². The number of anilines is 2. The van der Waals surface area contributed by atoms with Crippen LogP contribution in [-0.4, -0.2) is 40.1 Å². The summed E-state index contributed by atoms with van der Waals surface area (Å²) in [6.45, 7) is -0.118. The number of hydrogen-bond donors (Lipinski definition) is 2. The van der Waals surface area contributed by atoms with Crippen LogP contribution in [0.2, 0.25) is 0 Å². The molecule has 8 heteroatoms. The number of rotatable bonds is 4. The second-order valence-electron chi connectivity index (χ2n) is 4.43. The molecule has 2 aromatic rings. The lowest BCUT2D eigenvalue weighted by atomic mass is 10.2. The first-order valence-corrected chi connectivity index (χ1v) is 6.09. The van der Waals surface area contributed by atoms with Crippen LogP contribution in [0.5, 0.6) is 5.75 Å². The van der Waals surface area contributed by atoms with Gasteiger partial charge in [0.15, 0.2) is 12.4 Å². The van der Waals surface area contributed by atoms with Gasteiger partial charge in [-0.3, -0.25) is 0 Å². The molecule has 0 aliphatic rings. The van der Waals surface area contributed by atoms with Crippen LogP contribution in [0.4, 0.5) is 11.9 Å². The van der Waals surface area contributed by atoms with Gasteiger partial charge in [0, 0.05) is 14.1 Å². The number of carbonyl (C=O) groups is 1. The summed E-state index contributed by atoms with van der Waals surface area (Å²) in [4.78, 5) is 25.5. The van der Waals surface area contributed by atoms with E-state index in [1.54, 1.807) is 19.0 Å². The molecule has 0 unspecified atom stereocenters. The standard InChI is InChI=1S/C13H15N5O3/c1-18(2)13-16-10(15-12(14)17-13)7-21-11(20)8-3-5-9(19)6-4-8/h3-6,19H,7H2,1-2H3,(H2,14,15,16,17). The third kappa shape index (κ3) is 3.78. The Hall–Kier alpha value is -2.90. The van der Waals surface area contributed by atoms with E-state index in [4.69, 9.17) is 15.6 Å². The van der Waals surface area contributed by atoms with Gasteiger partial charge in [-0.1, -0.05) is 0 Å². The minimum Gasteiger partial charge on any atom is -0.508 e. The SMILES string of the molecule is CN(C)c1nc(N)nc(COC(=O)c2ccc(O)cc2)n1. The summed E-state index contributed by atoms with van der Waals surface area (Å²) in [5.41, 5.74) is 5.90. The fourth-order valence-electron chi connectivity index (χ4n) is 1.50. The molecule has 21 heavy (non-hydrogen) atoms. The lowest BCUT2D eigenvalue weighted by Gasteiger charge is -2.11. The number of nitrogens with zero attached hydrogens (tertiary/aromatic N) is 4. The zero-order valence-electron chi connectivity index (χ0n) is 11.6. The van der Waals surface area contributed by atoms with Crippen LogP contribution in [0.3, 0.4) is 0 Å². The maximum Gasteiger partial charge on any atom is 0.338 e. The fraction of sp³-hybridized carbons (Fsp3) is 0.231. The molecule has 2 rings (SSSR count). The normalized spacial score (nSPS) is 10.2. The van der Waals surface area contributed by atoms with Gasteiger partial charge < -0.3 is 20.5 Å². The van der Waals surface area contributed by atoms with Crippen molar-refractivity contribution in [1.29, 1.82) is 0 Å². The number of ether oxygens (including phenoxy) is 1. The van der Waals surface area contributed by atoms with Crippen molar-refractivity contribution in [3.05, 3.63) is 35.7 Å². The number of nitrogens with two attached hydrogens (primary N) is 1. The Kier molecular flexibility index (Phi) is 4.17. The van der Waals surface area contributed by atoms with Crippen molar-refractivity contribution in [1.82, 2.24) is 15.0 Å². The Morgan fingerprint density at radius 2 is 1.90 bits per heavy atom. The Morgan fingerprint density at radius 1 is 1.24 bits per heavy atom. The number of hydrogen-bond acceptors (Lipinski definition) is 8. The van der Waals surface area contributed by atoms with Crippen LogP contribution in [0.15, 0.2) is 24.3 Å². The molecular formula is C13H15N5O3. The number of esters is 1. The second kappa shape index (κ2) is 6.04. The summed E-state index contributed by atoms with van der Waals surface area (Å²) in [5.74, 6) is 0.244. The number of aromatic nitrogens is 3. The quantitative estimate of drug-likeness (QED) is 0.786. The van der Waals surface area contributed by atoms with Crippen LogP contribution in [0, 0.1) is 0 Å². The zero-order valence-corrected chi connectivity index (χ0v) is 11.6. The highest BCUT2D eigenvalue weighted by atomic mass is 16.5. The summed E-state index contributed by atoms with van der Waals surface area (Å²) in [5, 5.41) is 9.16. The molecule has 0 spiro atoms. The lowest BCUT2D eigenvalue weighted by Crippen LogP contribution is -2.17. The van der Waals surface area contributed by atoms with E-state index in [9.17, 15) is 4.79 Å². The average molecular weight is 289 g/mol. The third-order valence-electron chi connectivity index (χ3n) is 2.52. The molecule has 0 fully saturated rings. The van der Waals surface area contributed by atoms with E-state index in [-0.39, 0.29) is 24.1 Å². The van der Waals surface area contributed by atoms with Gasteiger partial charge in [-0.15, -0.1) is 0 Å². The predicted molar refractivity (Wildman–Crippen MR) is 75.8 cm³/mol. The number of carbonyl (C=O) groups excluding carboxylic acids is 1. The van der Waals surface area contributed by atoms with Crippen LogP contribution in [0.1, 0.15) is 16.2 Å². The summed E-state index contributed by atoms with van der Waals surface area (Å²) in [7, 11) is 3.53. The van der Waals surface area contributed by atoms with Crippen LogP contribution >= 0.6 is 0 Å². The van der Waals surface area contributed by atoms with Gasteiger partial charge in [0.2, 0.25) is 11.9 Å². The van der Waals surface area contributed by atoms with Crippen molar-refractivity contribution < 1.29 is 14.6 Å². The molecule has 1 heterocycles.